The van der Waals surface area contributed by atoms with Crippen LogP contribution in [0.5, 0.6) is 0 Å². The van der Waals surface area contributed by atoms with E-state index in [9.17, 15) is 8.78 Å². The third-order valence-electron chi connectivity index (χ3n) is 4.91. The fraction of sp³-hybridized carbons (Fsp3) is 0.429. The van der Waals surface area contributed by atoms with E-state index in [1.54, 1.807) is 4.90 Å². The van der Waals surface area contributed by atoms with Gasteiger partial charge in [0, 0.05) is 25.7 Å². The van der Waals surface area contributed by atoms with Crippen molar-refractivity contribution in [3.63, 3.8) is 0 Å². The zero-order valence-electron chi connectivity index (χ0n) is 14.9. The van der Waals surface area contributed by atoms with Crippen LogP contribution in [0.2, 0.25) is 0 Å². The molecule has 2 aromatic carbocycles. The zero-order valence-corrected chi connectivity index (χ0v) is 14.9. The van der Waals surface area contributed by atoms with Gasteiger partial charge in [-0.05, 0) is 24.1 Å². The molecular weight excluding hydrogens is 334 g/mol. The lowest BCUT2D eigenvalue weighted by molar-refractivity contribution is -0.0701. The standard InChI is InChI=1S/C21H26F2N2O/c22-21(23,17-26)16-24-12-11-20(15-24)25(13-18-7-3-1-4-8-18)14-19-9-5-2-6-10-19/h1-10,20,26H,11-17H2. The lowest BCUT2D eigenvalue weighted by Crippen LogP contribution is -2.41. The lowest BCUT2D eigenvalue weighted by atomic mass is 10.1. The predicted molar refractivity (Wildman–Crippen MR) is 99.0 cm³/mol. The smallest absolute Gasteiger partial charge is 0.283 e. The van der Waals surface area contributed by atoms with Crippen LogP contribution in [-0.2, 0) is 13.1 Å². The molecule has 2 aromatic rings. The highest BCUT2D eigenvalue weighted by atomic mass is 19.3. The summed E-state index contributed by atoms with van der Waals surface area (Å²) in [6.45, 7) is 1.38. The largest absolute Gasteiger partial charge is 0.390 e. The summed E-state index contributed by atoms with van der Waals surface area (Å²) < 4.78 is 27.0. The Bertz CT molecular complexity index is 625. The molecule has 0 saturated carbocycles. The van der Waals surface area contributed by atoms with Gasteiger partial charge in [0.1, 0.15) is 6.61 Å². The molecule has 1 aliphatic rings. The van der Waals surface area contributed by atoms with Gasteiger partial charge in [-0.15, -0.1) is 0 Å². The van der Waals surface area contributed by atoms with Crippen LogP contribution in [0.4, 0.5) is 8.78 Å². The van der Waals surface area contributed by atoms with Crippen molar-refractivity contribution in [2.75, 3.05) is 26.2 Å². The van der Waals surface area contributed by atoms with Crippen molar-refractivity contribution in [3.05, 3.63) is 71.8 Å². The van der Waals surface area contributed by atoms with E-state index in [1.165, 1.54) is 11.1 Å². The molecule has 1 atom stereocenters. The van der Waals surface area contributed by atoms with Crippen LogP contribution in [-0.4, -0.2) is 53.1 Å². The third kappa shape index (κ3) is 5.34. The number of alkyl halides is 2. The van der Waals surface area contributed by atoms with Gasteiger partial charge in [0.05, 0.1) is 6.54 Å². The molecule has 1 unspecified atom stereocenters. The number of aliphatic hydroxyl groups excluding tert-OH is 1. The Kier molecular flexibility index (Phi) is 6.35. The van der Waals surface area contributed by atoms with Gasteiger partial charge in [-0.3, -0.25) is 9.80 Å². The summed E-state index contributed by atoms with van der Waals surface area (Å²) >= 11 is 0. The highest BCUT2D eigenvalue weighted by Crippen LogP contribution is 2.24. The first-order valence-corrected chi connectivity index (χ1v) is 9.09. The van der Waals surface area contributed by atoms with Crippen LogP contribution in [0, 0.1) is 0 Å². The van der Waals surface area contributed by atoms with Gasteiger partial charge in [-0.1, -0.05) is 60.7 Å². The summed E-state index contributed by atoms with van der Waals surface area (Å²) in [6, 6.07) is 20.7. The number of halogens is 2. The molecule has 1 saturated heterocycles. The highest BCUT2D eigenvalue weighted by molar-refractivity contribution is 5.17. The molecule has 0 aliphatic carbocycles. The second kappa shape index (κ2) is 8.71. The van der Waals surface area contributed by atoms with E-state index >= 15 is 0 Å². The Morgan fingerprint density at radius 3 is 2.00 bits per heavy atom. The van der Waals surface area contributed by atoms with Crippen molar-refractivity contribution >= 4 is 0 Å². The van der Waals surface area contributed by atoms with Crippen LogP contribution in [0.1, 0.15) is 17.5 Å². The highest BCUT2D eigenvalue weighted by Gasteiger charge is 2.35. The Morgan fingerprint density at radius 1 is 0.962 bits per heavy atom. The molecule has 0 bridgehead atoms. The van der Waals surface area contributed by atoms with E-state index in [0.29, 0.717) is 13.1 Å². The summed E-state index contributed by atoms with van der Waals surface area (Å²) in [4.78, 5) is 4.14. The molecule has 1 aliphatic heterocycles. The van der Waals surface area contributed by atoms with Gasteiger partial charge in [0.2, 0.25) is 0 Å². The quantitative estimate of drug-likeness (QED) is 0.782. The van der Waals surface area contributed by atoms with Gasteiger partial charge in [0.25, 0.3) is 5.92 Å². The predicted octanol–water partition coefficient (Wildman–Crippen LogP) is 3.39. The normalized spacial score (nSPS) is 18.5. The summed E-state index contributed by atoms with van der Waals surface area (Å²) in [6.07, 6.45) is 0.862. The first-order chi connectivity index (χ1) is 12.6. The van der Waals surface area contributed by atoms with Crippen LogP contribution in [0.15, 0.2) is 60.7 Å². The number of nitrogens with zero attached hydrogens (tertiary/aromatic N) is 2. The van der Waals surface area contributed by atoms with Crippen LogP contribution < -0.4 is 0 Å². The van der Waals surface area contributed by atoms with Gasteiger partial charge in [-0.2, -0.15) is 0 Å². The minimum Gasteiger partial charge on any atom is -0.390 e. The van der Waals surface area contributed by atoms with Gasteiger partial charge < -0.3 is 5.11 Å². The number of hydrogen-bond acceptors (Lipinski definition) is 3. The van der Waals surface area contributed by atoms with Crippen LogP contribution in [0.3, 0.4) is 0 Å². The molecule has 140 valence electrons. The molecule has 0 aromatic heterocycles. The number of hydrogen-bond donors (Lipinski definition) is 1. The SMILES string of the molecule is OCC(F)(F)CN1CCC(N(Cc2ccccc2)Cc2ccccc2)C1. The van der Waals surface area contributed by atoms with Gasteiger partial charge in [-0.25, -0.2) is 8.78 Å². The maximum Gasteiger partial charge on any atom is 0.283 e. The monoisotopic (exact) mass is 360 g/mol. The summed E-state index contributed by atoms with van der Waals surface area (Å²) in [5.74, 6) is -3.03. The minimum atomic E-state index is -3.03. The van der Waals surface area contributed by atoms with Crippen molar-refractivity contribution in [1.82, 2.24) is 9.80 Å². The molecule has 1 heterocycles. The van der Waals surface area contributed by atoms with E-state index in [0.717, 1.165) is 19.5 Å². The fourth-order valence-corrected chi connectivity index (χ4v) is 3.58. The Morgan fingerprint density at radius 2 is 1.50 bits per heavy atom. The summed E-state index contributed by atoms with van der Waals surface area (Å²) in [5, 5.41) is 8.83. The van der Waals surface area contributed by atoms with Crippen molar-refractivity contribution < 1.29 is 13.9 Å². The second-order valence-electron chi connectivity index (χ2n) is 7.07. The molecule has 5 heteroatoms. The van der Waals surface area contributed by atoms with E-state index < -0.39 is 12.5 Å². The molecule has 0 amide bonds. The molecule has 0 spiro atoms. The Balaban J connectivity index is 1.69. The zero-order chi connectivity index (χ0) is 18.4. The minimum absolute atomic E-state index is 0.227. The first-order valence-electron chi connectivity index (χ1n) is 9.09. The topological polar surface area (TPSA) is 26.7 Å². The number of aliphatic hydroxyl groups is 1. The van der Waals surface area contributed by atoms with Crippen molar-refractivity contribution in [3.8, 4) is 0 Å². The summed E-state index contributed by atoms with van der Waals surface area (Å²) in [5.41, 5.74) is 2.45. The van der Waals surface area contributed by atoms with Crippen molar-refractivity contribution in [2.24, 2.45) is 0 Å². The number of benzene rings is 2. The molecule has 1 N–H and O–H groups in total. The van der Waals surface area contributed by atoms with Crippen LogP contribution >= 0.6 is 0 Å². The Labute approximate surface area is 153 Å². The average molecular weight is 360 g/mol. The van der Waals surface area contributed by atoms with Gasteiger partial charge >= 0.3 is 0 Å². The number of rotatable bonds is 8. The summed E-state index contributed by atoms with van der Waals surface area (Å²) in [7, 11) is 0. The second-order valence-corrected chi connectivity index (χ2v) is 7.07. The molecule has 0 radical (unpaired) electrons. The lowest BCUT2D eigenvalue weighted by Gasteiger charge is -2.30. The van der Waals surface area contributed by atoms with E-state index in [2.05, 4.69) is 29.2 Å². The third-order valence-corrected chi connectivity index (χ3v) is 4.91. The number of likely N-dealkylation sites (tertiary alicyclic amines) is 1. The van der Waals surface area contributed by atoms with Crippen molar-refractivity contribution in [2.45, 2.75) is 31.5 Å². The molecule has 3 rings (SSSR count). The van der Waals surface area contributed by atoms with Crippen molar-refractivity contribution in [1.29, 1.82) is 0 Å². The van der Waals surface area contributed by atoms with E-state index in [1.807, 2.05) is 36.4 Å². The average Bonchev–Trinajstić information content (AvgIpc) is 3.11. The molecular formula is C21H26F2N2O. The van der Waals surface area contributed by atoms with Gasteiger partial charge in [0.15, 0.2) is 0 Å². The van der Waals surface area contributed by atoms with Crippen LogP contribution in [0.25, 0.3) is 0 Å². The fourth-order valence-electron chi connectivity index (χ4n) is 3.58. The van der Waals surface area contributed by atoms with E-state index in [4.69, 9.17) is 5.11 Å². The molecule has 3 nitrogen and oxygen atoms in total. The molecule has 1 fully saturated rings. The maximum atomic E-state index is 13.5. The maximum absolute atomic E-state index is 13.5. The molecule has 26 heavy (non-hydrogen) atoms. The van der Waals surface area contributed by atoms with E-state index in [-0.39, 0.29) is 12.6 Å². The first kappa shape index (κ1) is 19.0. The Hall–Kier alpha value is -1.82.